The number of ether oxygens (including phenoxy) is 2. The minimum atomic E-state index is -0.357. The van der Waals surface area contributed by atoms with Crippen molar-refractivity contribution >= 4 is 17.5 Å². The topological polar surface area (TPSA) is 100 Å². The smallest absolute Gasteiger partial charge is 0.234 e. The van der Waals surface area contributed by atoms with Crippen LogP contribution in [0.3, 0.4) is 0 Å². The molecule has 2 N–H and O–H groups in total. The van der Waals surface area contributed by atoms with E-state index in [9.17, 15) is 9.59 Å². The van der Waals surface area contributed by atoms with Crippen LogP contribution in [0.1, 0.15) is 17.5 Å². The van der Waals surface area contributed by atoms with Gasteiger partial charge in [0.1, 0.15) is 6.42 Å². The number of benzene rings is 2. The van der Waals surface area contributed by atoms with Crippen LogP contribution in [0.5, 0.6) is 11.5 Å². The van der Waals surface area contributed by atoms with Crippen molar-refractivity contribution < 1.29 is 19.1 Å². The molecule has 0 saturated carbocycles. The lowest BCUT2D eigenvalue weighted by Gasteiger charge is -2.12. The largest absolute Gasteiger partial charge is 0.493 e. The Balaban J connectivity index is 2.04. The molecule has 0 aliphatic rings. The number of carbonyl (C=O) groups is 2. The van der Waals surface area contributed by atoms with Crippen LogP contribution < -0.4 is 20.1 Å². The lowest BCUT2D eigenvalue weighted by Crippen LogP contribution is -2.23. The molecule has 0 atom stereocenters. The zero-order valence-corrected chi connectivity index (χ0v) is 15.2. The summed E-state index contributed by atoms with van der Waals surface area (Å²) >= 11 is 0. The number of nitrogens with zero attached hydrogens (tertiary/aromatic N) is 1. The Hall–Kier alpha value is -3.53. The summed E-state index contributed by atoms with van der Waals surface area (Å²) in [4.78, 5) is 23.9. The van der Waals surface area contributed by atoms with Gasteiger partial charge in [-0.05, 0) is 29.3 Å². The first kappa shape index (κ1) is 19.8. The Bertz CT molecular complexity index is 859. The molecular formula is C20H21N3O4. The Labute approximate surface area is 157 Å². The van der Waals surface area contributed by atoms with Crippen LogP contribution in [0, 0.1) is 11.3 Å². The number of nitriles is 1. The van der Waals surface area contributed by atoms with Crippen molar-refractivity contribution in [1.82, 2.24) is 5.32 Å². The molecule has 0 aliphatic heterocycles. The summed E-state index contributed by atoms with van der Waals surface area (Å²) in [5.74, 6) is 0.602. The number of rotatable bonds is 8. The van der Waals surface area contributed by atoms with Crippen LogP contribution in [0.25, 0.3) is 0 Å². The number of anilines is 1. The lowest BCUT2D eigenvalue weighted by atomic mass is 10.1. The van der Waals surface area contributed by atoms with E-state index in [-0.39, 0.29) is 31.2 Å². The highest BCUT2D eigenvalue weighted by Crippen LogP contribution is 2.27. The number of nitrogens with one attached hydrogen (secondary N) is 2. The molecule has 0 radical (unpaired) electrons. The molecule has 7 heteroatoms. The van der Waals surface area contributed by atoms with Crippen LogP contribution >= 0.6 is 0 Å². The second-order valence-corrected chi connectivity index (χ2v) is 5.68. The summed E-state index contributed by atoms with van der Waals surface area (Å²) < 4.78 is 10.4. The van der Waals surface area contributed by atoms with Crippen LogP contribution in [-0.2, 0) is 22.6 Å². The van der Waals surface area contributed by atoms with Crippen molar-refractivity contribution in [2.75, 3.05) is 19.5 Å². The molecule has 140 valence electrons. The second kappa shape index (κ2) is 9.82. The minimum Gasteiger partial charge on any atom is -0.493 e. The maximum absolute atomic E-state index is 12.4. The van der Waals surface area contributed by atoms with E-state index in [1.165, 1.54) is 0 Å². The van der Waals surface area contributed by atoms with Gasteiger partial charge >= 0.3 is 0 Å². The van der Waals surface area contributed by atoms with Crippen molar-refractivity contribution in [3.63, 3.8) is 0 Å². The van der Waals surface area contributed by atoms with Gasteiger partial charge in [-0.3, -0.25) is 9.59 Å². The number of methoxy groups -OCH3 is 2. The number of para-hydroxylation sites is 1. The Morgan fingerprint density at radius 3 is 2.48 bits per heavy atom. The predicted octanol–water partition coefficient (Wildman–Crippen LogP) is 2.41. The van der Waals surface area contributed by atoms with Gasteiger partial charge < -0.3 is 20.1 Å². The fourth-order valence-electron chi connectivity index (χ4n) is 2.49. The van der Waals surface area contributed by atoms with E-state index in [0.717, 1.165) is 11.1 Å². The average Bonchev–Trinajstić information content (AvgIpc) is 2.67. The molecular weight excluding hydrogens is 346 g/mol. The highest BCUT2D eigenvalue weighted by Gasteiger charge is 2.11. The molecule has 2 rings (SSSR count). The third kappa shape index (κ3) is 5.75. The maximum Gasteiger partial charge on any atom is 0.234 e. The monoisotopic (exact) mass is 367 g/mol. The fourth-order valence-corrected chi connectivity index (χ4v) is 2.49. The Morgan fingerprint density at radius 2 is 1.78 bits per heavy atom. The molecule has 7 nitrogen and oxygen atoms in total. The minimum absolute atomic E-state index is 0.162. The SMILES string of the molecule is COc1ccc(CC(=O)Nc2ccccc2CNC(=O)CC#N)cc1OC. The molecule has 0 bridgehead atoms. The zero-order valence-electron chi connectivity index (χ0n) is 15.2. The summed E-state index contributed by atoms with van der Waals surface area (Å²) in [6, 6.07) is 14.3. The Kier molecular flexibility index (Phi) is 7.20. The van der Waals surface area contributed by atoms with Crippen LogP contribution in [-0.4, -0.2) is 26.0 Å². The van der Waals surface area contributed by atoms with Crippen molar-refractivity contribution in [1.29, 1.82) is 5.26 Å². The molecule has 0 aliphatic carbocycles. The second-order valence-electron chi connectivity index (χ2n) is 5.68. The molecule has 2 aromatic rings. The summed E-state index contributed by atoms with van der Waals surface area (Å²) in [5.41, 5.74) is 2.15. The maximum atomic E-state index is 12.4. The van der Waals surface area contributed by atoms with Crippen LogP contribution in [0.4, 0.5) is 5.69 Å². The highest BCUT2D eigenvalue weighted by atomic mass is 16.5. The molecule has 0 unspecified atom stereocenters. The van der Waals surface area contributed by atoms with Crippen LogP contribution in [0.2, 0.25) is 0 Å². The van der Waals surface area contributed by atoms with Gasteiger partial charge in [0.05, 0.1) is 26.7 Å². The number of carbonyl (C=O) groups excluding carboxylic acids is 2. The standard InChI is InChI=1S/C20H21N3O4/c1-26-17-8-7-14(11-18(17)27-2)12-20(25)23-16-6-4-3-5-15(16)13-22-19(24)9-10-21/h3-8,11H,9,12-13H2,1-2H3,(H,22,24)(H,23,25). The quantitative estimate of drug-likeness (QED) is 0.746. The zero-order chi connectivity index (χ0) is 19.6. The van der Waals surface area contributed by atoms with Crippen molar-refractivity contribution in [3.05, 3.63) is 53.6 Å². The molecule has 2 amide bonds. The van der Waals surface area contributed by atoms with Gasteiger partial charge in [0, 0.05) is 12.2 Å². The third-order valence-corrected chi connectivity index (χ3v) is 3.82. The summed E-state index contributed by atoms with van der Waals surface area (Å²) in [6.07, 6.45) is -0.0384. The van der Waals surface area contributed by atoms with Gasteiger partial charge in [0.25, 0.3) is 0 Å². The van der Waals surface area contributed by atoms with Gasteiger partial charge in [-0.1, -0.05) is 24.3 Å². The van der Waals surface area contributed by atoms with Gasteiger partial charge in [-0.2, -0.15) is 5.26 Å². The number of hydrogen-bond donors (Lipinski definition) is 2. The molecule has 0 saturated heterocycles. The van der Waals surface area contributed by atoms with Gasteiger partial charge in [0.2, 0.25) is 11.8 Å². The first-order valence-electron chi connectivity index (χ1n) is 8.29. The van der Waals surface area contributed by atoms with E-state index in [4.69, 9.17) is 14.7 Å². The number of amides is 2. The first-order valence-corrected chi connectivity index (χ1v) is 8.29. The lowest BCUT2D eigenvalue weighted by molar-refractivity contribution is -0.120. The van der Waals surface area contributed by atoms with E-state index >= 15 is 0 Å². The average molecular weight is 367 g/mol. The summed E-state index contributed by atoms with van der Waals surface area (Å²) in [5, 5.41) is 14.0. The summed E-state index contributed by atoms with van der Waals surface area (Å²) in [7, 11) is 3.09. The first-order chi connectivity index (χ1) is 13.1. The molecule has 0 aromatic heterocycles. The molecule has 0 fully saturated rings. The van der Waals surface area contributed by atoms with E-state index in [2.05, 4.69) is 10.6 Å². The van der Waals surface area contributed by atoms with Crippen molar-refractivity contribution in [2.24, 2.45) is 0 Å². The van der Waals surface area contributed by atoms with Gasteiger partial charge in [-0.25, -0.2) is 0 Å². The molecule has 2 aromatic carbocycles. The van der Waals surface area contributed by atoms with Gasteiger partial charge in [0.15, 0.2) is 11.5 Å². The number of hydrogen-bond acceptors (Lipinski definition) is 5. The van der Waals surface area contributed by atoms with E-state index in [1.54, 1.807) is 56.7 Å². The van der Waals surface area contributed by atoms with E-state index < -0.39 is 0 Å². The van der Waals surface area contributed by atoms with E-state index in [1.807, 2.05) is 6.07 Å². The molecule has 0 heterocycles. The van der Waals surface area contributed by atoms with Crippen LogP contribution in [0.15, 0.2) is 42.5 Å². The van der Waals surface area contributed by atoms with Crippen molar-refractivity contribution in [3.8, 4) is 17.6 Å². The Morgan fingerprint density at radius 1 is 1.04 bits per heavy atom. The third-order valence-electron chi connectivity index (χ3n) is 3.82. The van der Waals surface area contributed by atoms with Crippen molar-refractivity contribution in [2.45, 2.75) is 19.4 Å². The van der Waals surface area contributed by atoms with E-state index in [0.29, 0.717) is 17.2 Å². The predicted molar refractivity (Wildman–Crippen MR) is 100 cm³/mol. The molecule has 27 heavy (non-hydrogen) atoms. The highest BCUT2D eigenvalue weighted by molar-refractivity contribution is 5.93. The molecule has 0 spiro atoms. The normalized spacial score (nSPS) is 9.81. The van der Waals surface area contributed by atoms with Gasteiger partial charge in [-0.15, -0.1) is 0 Å². The fraction of sp³-hybridized carbons (Fsp3) is 0.250. The summed E-state index contributed by atoms with van der Waals surface area (Å²) in [6.45, 7) is 0.229.